The van der Waals surface area contributed by atoms with Crippen LogP contribution >= 0.6 is 12.2 Å². The van der Waals surface area contributed by atoms with Crippen LogP contribution in [0.5, 0.6) is 5.75 Å². The summed E-state index contributed by atoms with van der Waals surface area (Å²) < 4.78 is 5.28. The number of rotatable bonds is 6. The van der Waals surface area contributed by atoms with E-state index in [-0.39, 0.29) is 23.2 Å². The molecule has 0 unspecified atom stereocenters. The van der Waals surface area contributed by atoms with E-state index < -0.39 is 10.8 Å². The van der Waals surface area contributed by atoms with E-state index in [0.29, 0.717) is 0 Å². The molecular weight excluding hydrogens is 392 g/mol. The van der Waals surface area contributed by atoms with Crippen LogP contribution in [-0.2, 0) is 4.79 Å². The largest absolute Gasteiger partial charge is 0.477 e. The van der Waals surface area contributed by atoms with E-state index in [1.807, 2.05) is 24.3 Å². The first kappa shape index (κ1) is 20.5. The van der Waals surface area contributed by atoms with Gasteiger partial charge in [0.1, 0.15) is 0 Å². The Morgan fingerprint density at radius 2 is 1.79 bits per heavy atom. The minimum absolute atomic E-state index is 0.0296. The van der Waals surface area contributed by atoms with Gasteiger partial charge in [0.25, 0.3) is 5.91 Å². The smallest absolute Gasteiger partial charge is 0.310 e. The normalized spacial score (nSPS) is 13.4. The highest BCUT2D eigenvalue weighted by molar-refractivity contribution is 7.80. The maximum atomic E-state index is 12.1. The number of piperidine rings is 1. The van der Waals surface area contributed by atoms with Crippen molar-refractivity contribution in [2.24, 2.45) is 0 Å². The second-order valence-electron chi connectivity index (χ2n) is 6.58. The number of anilines is 2. The van der Waals surface area contributed by atoms with Gasteiger partial charge in [-0.1, -0.05) is 24.3 Å². The van der Waals surface area contributed by atoms with Crippen LogP contribution in [0.2, 0.25) is 0 Å². The third-order valence-corrected chi connectivity index (χ3v) is 4.73. The minimum atomic E-state index is -0.559. The molecule has 1 fully saturated rings. The molecule has 0 saturated carbocycles. The Labute approximate surface area is 174 Å². The molecule has 8 nitrogen and oxygen atoms in total. The van der Waals surface area contributed by atoms with Gasteiger partial charge in [-0.3, -0.25) is 20.2 Å². The van der Waals surface area contributed by atoms with Crippen molar-refractivity contribution in [3.8, 4) is 5.75 Å². The highest BCUT2D eigenvalue weighted by atomic mass is 32.1. The fourth-order valence-electron chi connectivity index (χ4n) is 3.18. The summed E-state index contributed by atoms with van der Waals surface area (Å²) in [6.45, 7) is 1.59. The van der Waals surface area contributed by atoms with Gasteiger partial charge in [0.2, 0.25) is 0 Å². The van der Waals surface area contributed by atoms with Crippen molar-refractivity contribution in [2.45, 2.75) is 19.3 Å². The number of ether oxygens (including phenoxy) is 1. The van der Waals surface area contributed by atoms with Gasteiger partial charge >= 0.3 is 5.69 Å². The molecule has 1 aliphatic rings. The second-order valence-corrected chi connectivity index (χ2v) is 6.99. The molecule has 152 valence electrons. The number of amides is 1. The molecule has 0 spiro atoms. The van der Waals surface area contributed by atoms with E-state index in [9.17, 15) is 14.9 Å². The van der Waals surface area contributed by atoms with Gasteiger partial charge in [0.15, 0.2) is 17.5 Å². The summed E-state index contributed by atoms with van der Waals surface area (Å²) in [4.78, 5) is 24.9. The number of carbonyl (C=O) groups excluding carboxylic acids is 1. The Morgan fingerprint density at radius 1 is 1.10 bits per heavy atom. The molecule has 2 aromatic rings. The van der Waals surface area contributed by atoms with E-state index in [1.54, 1.807) is 6.07 Å². The molecular formula is C20H22N4O4S. The topological polar surface area (TPSA) is 96.7 Å². The summed E-state index contributed by atoms with van der Waals surface area (Å²) in [7, 11) is 0. The average molecular weight is 414 g/mol. The standard InChI is InChI=1S/C20H22N4O4S/c25-19(14-28-18-11-5-4-10-17(18)24(26)27)22-20(29)21-15-8-2-3-9-16(15)23-12-6-1-7-13-23/h2-5,8-11H,1,6-7,12-14H2,(H2,21,22,25,29). The molecule has 9 heteroatoms. The van der Waals surface area contributed by atoms with Crippen molar-refractivity contribution in [2.75, 3.05) is 29.9 Å². The number of hydrogen-bond acceptors (Lipinski definition) is 6. The summed E-state index contributed by atoms with van der Waals surface area (Å²) in [5, 5.41) is 16.8. The molecule has 1 aliphatic heterocycles. The summed E-state index contributed by atoms with van der Waals surface area (Å²) in [6.07, 6.45) is 3.54. The zero-order valence-corrected chi connectivity index (χ0v) is 16.6. The lowest BCUT2D eigenvalue weighted by molar-refractivity contribution is -0.385. The van der Waals surface area contributed by atoms with Crippen LogP contribution in [0.15, 0.2) is 48.5 Å². The molecule has 1 saturated heterocycles. The minimum Gasteiger partial charge on any atom is -0.477 e. The quantitative estimate of drug-likeness (QED) is 0.424. The molecule has 0 radical (unpaired) electrons. The third-order valence-electron chi connectivity index (χ3n) is 4.52. The number of hydrogen-bond donors (Lipinski definition) is 2. The third kappa shape index (κ3) is 5.64. The fourth-order valence-corrected chi connectivity index (χ4v) is 3.40. The van der Waals surface area contributed by atoms with E-state index in [2.05, 4.69) is 15.5 Å². The zero-order chi connectivity index (χ0) is 20.6. The van der Waals surface area contributed by atoms with Crippen LogP contribution in [0.1, 0.15) is 19.3 Å². The average Bonchev–Trinajstić information content (AvgIpc) is 2.73. The Kier molecular flexibility index (Phi) is 6.96. The molecule has 3 rings (SSSR count). The number of nitro groups is 1. The summed E-state index contributed by atoms with van der Waals surface area (Å²) in [5.74, 6) is -0.474. The van der Waals surface area contributed by atoms with Gasteiger partial charge in [0, 0.05) is 19.2 Å². The number of carbonyl (C=O) groups is 1. The second kappa shape index (κ2) is 9.83. The number of nitrogens with one attached hydrogen (secondary N) is 2. The van der Waals surface area contributed by atoms with Gasteiger partial charge in [-0.2, -0.15) is 0 Å². The lowest BCUT2D eigenvalue weighted by Gasteiger charge is -2.30. The summed E-state index contributed by atoms with van der Waals surface area (Å²) >= 11 is 5.25. The molecule has 0 bridgehead atoms. The molecule has 1 heterocycles. The first-order valence-electron chi connectivity index (χ1n) is 9.35. The van der Waals surface area contributed by atoms with Crippen LogP contribution < -0.4 is 20.3 Å². The lowest BCUT2D eigenvalue weighted by Crippen LogP contribution is -2.38. The lowest BCUT2D eigenvalue weighted by atomic mass is 10.1. The van der Waals surface area contributed by atoms with Crippen LogP contribution in [0.3, 0.4) is 0 Å². The Hall–Kier alpha value is -3.20. The maximum Gasteiger partial charge on any atom is 0.310 e. The predicted octanol–water partition coefficient (Wildman–Crippen LogP) is 3.48. The van der Waals surface area contributed by atoms with Crippen molar-refractivity contribution in [3.05, 3.63) is 58.6 Å². The van der Waals surface area contributed by atoms with Crippen molar-refractivity contribution in [1.82, 2.24) is 5.32 Å². The fraction of sp³-hybridized carbons (Fsp3) is 0.300. The van der Waals surface area contributed by atoms with Crippen LogP contribution in [0, 0.1) is 10.1 Å². The molecule has 29 heavy (non-hydrogen) atoms. The highest BCUT2D eigenvalue weighted by Crippen LogP contribution is 2.28. The van der Waals surface area contributed by atoms with Gasteiger partial charge in [-0.25, -0.2) is 0 Å². The zero-order valence-electron chi connectivity index (χ0n) is 15.8. The van der Waals surface area contributed by atoms with E-state index in [1.165, 1.54) is 24.6 Å². The number of nitro benzene ring substituents is 1. The van der Waals surface area contributed by atoms with Gasteiger partial charge in [-0.15, -0.1) is 0 Å². The molecule has 0 aromatic heterocycles. The van der Waals surface area contributed by atoms with Crippen LogP contribution in [0.25, 0.3) is 0 Å². The molecule has 2 aromatic carbocycles. The first-order chi connectivity index (χ1) is 14.0. The van der Waals surface area contributed by atoms with Gasteiger partial charge in [0.05, 0.1) is 16.3 Å². The summed E-state index contributed by atoms with van der Waals surface area (Å²) in [5.41, 5.74) is 1.66. The van der Waals surface area contributed by atoms with Crippen molar-refractivity contribution < 1.29 is 14.5 Å². The van der Waals surface area contributed by atoms with Crippen LogP contribution in [-0.4, -0.2) is 35.6 Å². The molecule has 0 atom stereocenters. The Bertz CT molecular complexity index is 900. The number of para-hydroxylation sites is 4. The number of nitrogens with zero attached hydrogens (tertiary/aromatic N) is 2. The highest BCUT2D eigenvalue weighted by Gasteiger charge is 2.17. The van der Waals surface area contributed by atoms with Crippen molar-refractivity contribution in [3.63, 3.8) is 0 Å². The number of thiocarbonyl (C=S) groups is 1. The monoisotopic (exact) mass is 414 g/mol. The van der Waals surface area contributed by atoms with E-state index in [0.717, 1.165) is 37.3 Å². The van der Waals surface area contributed by atoms with Crippen LogP contribution in [0.4, 0.5) is 17.1 Å². The Morgan fingerprint density at radius 3 is 2.55 bits per heavy atom. The van der Waals surface area contributed by atoms with Gasteiger partial charge < -0.3 is 15.0 Å². The molecule has 1 amide bonds. The Balaban J connectivity index is 1.56. The van der Waals surface area contributed by atoms with Gasteiger partial charge in [-0.05, 0) is 49.7 Å². The van der Waals surface area contributed by atoms with Crippen molar-refractivity contribution >= 4 is 40.3 Å². The molecule has 0 aliphatic carbocycles. The van der Waals surface area contributed by atoms with E-state index >= 15 is 0 Å². The summed E-state index contributed by atoms with van der Waals surface area (Å²) in [6, 6.07) is 13.7. The molecule has 2 N–H and O–H groups in total. The predicted molar refractivity (Wildman–Crippen MR) is 115 cm³/mol. The maximum absolute atomic E-state index is 12.1. The van der Waals surface area contributed by atoms with Crippen molar-refractivity contribution in [1.29, 1.82) is 0 Å². The first-order valence-corrected chi connectivity index (χ1v) is 9.76. The van der Waals surface area contributed by atoms with E-state index in [4.69, 9.17) is 17.0 Å². The SMILES string of the molecule is O=C(COc1ccccc1[N+](=O)[O-])NC(=S)Nc1ccccc1N1CCCCC1. The number of benzene rings is 2.